The molecule has 3 aromatic rings. The number of halogens is 1. The molecule has 0 saturated heterocycles. The van der Waals surface area contributed by atoms with Crippen molar-refractivity contribution in [1.29, 1.82) is 0 Å². The van der Waals surface area contributed by atoms with E-state index in [-0.39, 0.29) is 16.5 Å². The fourth-order valence-electron chi connectivity index (χ4n) is 2.40. The number of primary sulfonamides is 1. The molecule has 0 aliphatic rings. The number of sulfonamides is 1. The van der Waals surface area contributed by atoms with E-state index in [1.807, 2.05) is 0 Å². The summed E-state index contributed by atoms with van der Waals surface area (Å²) < 4.78 is 41.1. The van der Waals surface area contributed by atoms with Crippen LogP contribution in [-0.4, -0.2) is 26.0 Å². The first-order valence-corrected chi connectivity index (χ1v) is 10.2. The minimum absolute atomic E-state index is 0.0234. The van der Waals surface area contributed by atoms with Crippen LogP contribution in [0.4, 0.5) is 4.39 Å². The van der Waals surface area contributed by atoms with Gasteiger partial charge in [0.2, 0.25) is 15.0 Å². The van der Waals surface area contributed by atoms with E-state index in [0.29, 0.717) is 21.7 Å². The molecule has 0 unspecified atom stereocenters. The highest BCUT2D eigenvalue weighted by Crippen LogP contribution is 2.37. The lowest BCUT2D eigenvalue weighted by Gasteiger charge is -2.04. The van der Waals surface area contributed by atoms with Gasteiger partial charge in [-0.3, -0.25) is 0 Å². The van der Waals surface area contributed by atoms with Gasteiger partial charge in [0.05, 0.1) is 22.1 Å². The average Bonchev–Trinajstić information content (AvgIpc) is 3.07. The number of esters is 1. The monoisotopic (exact) mass is 406 g/mol. The predicted octanol–water partition coefficient (Wildman–Crippen LogP) is 3.44. The van der Waals surface area contributed by atoms with Crippen molar-refractivity contribution >= 4 is 27.3 Å². The van der Waals surface area contributed by atoms with Gasteiger partial charge in [-0.05, 0) is 48.9 Å². The summed E-state index contributed by atoms with van der Waals surface area (Å²) in [6.07, 6.45) is 0. The van der Waals surface area contributed by atoms with E-state index >= 15 is 0 Å². The molecule has 1 aromatic heterocycles. The van der Waals surface area contributed by atoms with Crippen molar-refractivity contribution in [2.75, 3.05) is 6.61 Å². The molecular formula is C18H15FN2O4S2. The topological polar surface area (TPSA) is 99.3 Å². The maximum atomic E-state index is 13.3. The summed E-state index contributed by atoms with van der Waals surface area (Å²) in [5.74, 6) is -0.947. The third kappa shape index (κ3) is 4.21. The number of hydrogen-bond donors (Lipinski definition) is 1. The van der Waals surface area contributed by atoms with E-state index in [4.69, 9.17) is 9.88 Å². The standard InChI is InChI=1S/C18H15FN2O4S2/c1-2-25-18(22)17-21-15(11-3-7-13(19)8-4-11)16(26-17)12-5-9-14(10-6-12)27(20,23)24/h3-10H,2H2,1H3,(H2,20,23,24). The van der Waals surface area contributed by atoms with E-state index in [1.165, 1.54) is 24.3 Å². The van der Waals surface area contributed by atoms with Gasteiger partial charge in [-0.2, -0.15) is 0 Å². The summed E-state index contributed by atoms with van der Waals surface area (Å²) in [5, 5.41) is 5.28. The lowest BCUT2D eigenvalue weighted by atomic mass is 10.1. The van der Waals surface area contributed by atoms with Gasteiger partial charge < -0.3 is 4.74 Å². The Labute approximate surface area is 159 Å². The second-order valence-electron chi connectivity index (χ2n) is 5.49. The quantitative estimate of drug-likeness (QED) is 0.655. The first kappa shape index (κ1) is 19.2. The molecule has 6 nitrogen and oxygen atoms in total. The molecule has 0 aliphatic carbocycles. The molecule has 140 valence electrons. The Kier molecular flexibility index (Phi) is 5.36. The van der Waals surface area contributed by atoms with Crippen LogP contribution < -0.4 is 5.14 Å². The summed E-state index contributed by atoms with van der Waals surface area (Å²) in [6, 6.07) is 11.6. The number of benzene rings is 2. The van der Waals surface area contributed by atoms with Gasteiger partial charge in [0.15, 0.2) is 0 Å². The molecule has 0 saturated carbocycles. The molecular weight excluding hydrogens is 391 g/mol. The third-order valence-corrected chi connectivity index (χ3v) is 5.65. The maximum absolute atomic E-state index is 13.3. The highest BCUT2D eigenvalue weighted by atomic mass is 32.2. The van der Waals surface area contributed by atoms with E-state index in [2.05, 4.69) is 4.98 Å². The highest BCUT2D eigenvalue weighted by molar-refractivity contribution is 7.89. The SMILES string of the molecule is CCOC(=O)c1nc(-c2ccc(F)cc2)c(-c2ccc(S(N)(=O)=O)cc2)s1. The van der Waals surface area contributed by atoms with Gasteiger partial charge in [0.25, 0.3) is 0 Å². The molecule has 2 aromatic carbocycles. The molecule has 0 bridgehead atoms. The number of carbonyl (C=O) groups is 1. The van der Waals surface area contributed by atoms with Gasteiger partial charge in [-0.1, -0.05) is 12.1 Å². The van der Waals surface area contributed by atoms with Gasteiger partial charge in [-0.25, -0.2) is 27.7 Å². The van der Waals surface area contributed by atoms with Crippen molar-refractivity contribution in [2.24, 2.45) is 5.14 Å². The van der Waals surface area contributed by atoms with Crippen LogP contribution in [0.5, 0.6) is 0 Å². The van der Waals surface area contributed by atoms with Crippen LogP contribution in [0.3, 0.4) is 0 Å². The van der Waals surface area contributed by atoms with E-state index in [1.54, 1.807) is 31.2 Å². The molecule has 0 aliphatic heterocycles. The fraction of sp³-hybridized carbons (Fsp3) is 0.111. The summed E-state index contributed by atoms with van der Waals surface area (Å²) >= 11 is 1.11. The van der Waals surface area contributed by atoms with Gasteiger partial charge in [-0.15, -0.1) is 11.3 Å². The largest absolute Gasteiger partial charge is 0.461 e. The van der Waals surface area contributed by atoms with Crippen molar-refractivity contribution in [2.45, 2.75) is 11.8 Å². The lowest BCUT2D eigenvalue weighted by Crippen LogP contribution is -2.11. The van der Waals surface area contributed by atoms with Crippen LogP contribution in [0.2, 0.25) is 0 Å². The second kappa shape index (κ2) is 7.55. The molecule has 0 amide bonds. The Balaban J connectivity index is 2.12. The lowest BCUT2D eigenvalue weighted by molar-refractivity contribution is 0.0526. The normalized spacial score (nSPS) is 11.4. The van der Waals surface area contributed by atoms with Gasteiger partial charge in [0, 0.05) is 5.56 Å². The van der Waals surface area contributed by atoms with Crippen molar-refractivity contribution in [1.82, 2.24) is 4.98 Å². The summed E-state index contributed by atoms with van der Waals surface area (Å²) in [7, 11) is -3.81. The number of thiazole rings is 1. The molecule has 0 atom stereocenters. The number of rotatable bonds is 5. The molecule has 2 N–H and O–H groups in total. The van der Waals surface area contributed by atoms with Crippen molar-refractivity contribution in [3.63, 3.8) is 0 Å². The van der Waals surface area contributed by atoms with Crippen LogP contribution in [0, 0.1) is 5.82 Å². The van der Waals surface area contributed by atoms with Gasteiger partial charge in [0.1, 0.15) is 5.82 Å². The van der Waals surface area contributed by atoms with Crippen LogP contribution in [0.1, 0.15) is 16.7 Å². The van der Waals surface area contributed by atoms with E-state index in [0.717, 1.165) is 11.3 Å². The van der Waals surface area contributed by atoms with Crippen LogP contribution in [0.25, 0.3) is 21.7 Å². The number of nitrogens with zero attached hydrogens (tertiary/aromatic N) is 1. The summed E-state index contributed by atoms with van der Waals surface area (Å²) in [5.41, 5.74) is 1.75. The predicted molar refractivity (Wildman–Crippen MR) is 100 cm³/mol. The zero-order valence-corrected chi connectivity index (χ0v) is 15.8. The van der Waals surface area contributed by atoms with Crippen molar-refractivity contribution < 1.29 is 22.3 Å². The molecule has 9 heteroatoms. The molecule has 3 rings (SSSR count). The molecule has 1 heterocycles. The Morgan fingerprint density at radius 2 is 1.70 bits per heavy atom. The summed E-state index contributed by atoms with van der Waals surface area (Å²) in [4.78, 5) is 17.0. The zero-order chi connectivity index (χ0) is 19.6. The zero-order valence-electron chi connectivity index (χ0n) is 14.2. The first-order chi connectivity index (χ1) is 12.8. The highest BCUT2D eigenvalue weighted by Gasteiger charge is 2.20. The molecule has 0 spiro atoms. The van der Waals surface area contributed by atoms with E-state index < -0.39 is 21.8 Å². The average molecular weight is 406 g/mol. The Morgan fingerprint density at radius 1 is 1.11 bits per heavy atom. The minimum Gasteiger partial charge on any atom is -0.461 e. The molecule has 0 fully saturated rings. The first-order valence-electron chi connectivity index (χ1n) is 7.86. The molecule has 0 radical (unpaired) electrons. The van der Waals surface area contributed by atoms with Crippen molar-refractivity contribution in [3.8, 4) is 21.7 Å². The van der Waals surface area contributed by atoms with Crippen LogP contribution in [0.15, 0.2) is 53.4 Å². The van der Waals surface area contributed by atoms with Crippen molar-refractivity contribution in [3.05, 3.63) is 59.4 Å². The van der Waals surface area contributed by atoms with Crippen LogP contribution in [-0.2, 0) is 14.8 Å². The number of hydrogen-bond acceptors (Lipinski definition) is 6. The maximum Gasteiger partial charge on any atom is 0.367 e. The Hall–Kier alpha value is -2.62. The summed E-state index contributed by atoms with van der Waals surface area (Å²) in [6.45, 7) is 1.90. The number of carbonyl (C=O) groups excluding carboxylic acids is 1. The molecule has 27 heavy (non-hydrogen) atoms. The smallest absolute Gasteiger partial charge is 0.367 e. The fourth-order valence-corrected chi connectivity index (χ4v) is 3.90. The third-order valence-electron chi connectivity index (χ3n) is 3.64. The Morgan fingerprint density at radius 3 is 2.26 bits per heavy atom. The number of ether oxygens (including phenoxy) is 1. The van der Waals surface area contributed by atoms with E-state index in [9.17, 15) is 17.6 Å². The number of nitrogens with two attached hydrogens (primary N) is 1. The van der Waals surface area contributed by atoms with Crippen LogP contribution >= 0.6 is 11.3 Å². The number of aromatic nitrogens is 1. The second-order valence-corrected chi connectivity index (χ2v) is 8.05. The van der Waals surface area contributed by atoms with Gasteiger partial charge >= 0.3 is 5.97 Å². The minimum atomic E-state index is -3.81. The Bertz CT molecular complexity index is 1080.